The molecule has 0 saturated carbocycles. The van der Waals surface area contributed by atoms with Crippen LogP contribution >= 0.6 is 11.8 Å². The topological polar surface area (TPSA) is 84.5 Å². The second kappa shape index (κ2) is 10.6. The summed E-state index contributed by atoms with van der Waals surface area (Å²) in [6.45, 7) is 5.16. The Bertz CT molecular complexity index is 888. The Kier molecular flexibility index (Phi) is 8.21. The lowest BCUT2D eigenvalue weighted by Gasteiger charge is -2.15. The van der Waals surface area contributed by atoms with Gasteiger partial charge in [0.25, 0.3) is 5.91 Å². The van der Waals surface area contributed by atoms with E-state index in [-0.39, 0.29) is 29.0 Å². The fraction of sp³-hybridized carbons (Fsp3) is 0.286. The Morgan fingerprint density at radius 3 is 2.48 bits per heavy atom. The molecule has 6 nitrogen and oxygen atoms in total. The third-order valence-electron chi connectivity index (χ3n) is 3.66. The number of carbonyl (C=O) groups excluding carboxylic acids is 3. The number of hydrogen-bond acceptors (Lipinski definition) is 5. The molecular formula is C21H23FN2O4S. The van der Waals surface area contributed by atoms with Crippen LogP contribution in [0.1, 0.15) is 31.1 Å². The van der Waals surface area contributed by atoms with Crippen molar-refractivity contribution in [2.45, 2.75) is 37.8 Å². The van der Waals surface area contributed by atoms with Gasteiger partial charge in [-0.2, -0.15) is 0 Å². The molecule has 0 aliphatic rings. The molecule has 0 aliphatic carbocycles. The summed E-state index contributed by atoms with van der Waals surface area (Å²) >= 11 is 1.21. The Hall–Kier alpha value is -2.87. The maximum atomic E-state index is 13.2. The van der Waals surface area contributed by atoms with Crippen molar-refractivity contribution in [3.05, 3.63) is 59.9 Å². The lowest BCUT2D eigenvalue weighted by molar-refractivity contribution is -0.123. The zero-order chi connectivity index (χ0) is 21.4. The predicted octanol–water partition coefficient (Wildman–Crippen LogP) is 3.63. The Morgan fingerprint density at radius 2 is 1.79 bits per heavy atom. The zero-order valence-corrected chi connectivity index (χ0v) is 17.2. The summed E-state index contributed by atoms with van der Waals surface area (Å²) in [7, 11) is 0. The highest BCUT2D eigenvalue weighted by Gasteiger charge is 2.21. The number of carbonyl (C=O) groups is 3. The van der Waals surface area contributed by atoms with Gasteiger partial charge in [0.2, 0.25) is 5.91 Å². The quantitative estimate of drug-likeness (QED) is 0.505. The van der Waals surface area contributed by atoms with Crippen LogP contribution in [0.25, 0.3) is 0 Å². The van der Waals surface area contributed by atoms with E-state index in [0.29, 0.717) is 4.90 Å². The van der Waals surface area contributed by atoms with E-state index in [0.717, 1.165) is 0 Å². The normalized spacial score (nSPS) is 11.6. The van der Waals surface area contributed by atoms with Crippen LogP contribution in [0.2, 0.25) is 0 Å². The lowest BCUT2D eigenvalue weighted by Crippen LogP contribution is -2.31. The van der Waals surface area contributed by atoms with E-state index in [4.69, 9.17) is 4.74 Å². The first-order valence-electron chi connectivity index (χ1n) is 9.05. The number of ether oxygens (including phenoxy) is 1. The van der Waals surface area contributed by atoms with E-state index in [1.165, 1.54) is 43.0 Å². The van der Waals surface area contributed by atoms with Gasteiger partial charge in [0.05, 0.1) is 11.3 Å². The van der Waals surface area contributed by atoms with Crippen LogP contribution in [0.4, 0.5) is 10.1 Å². The van der Waals surface area contributed by atoms with Crippen molar-refractivity contribution in [3.8, 4) is 0 Å². The zero-order valence-electron chi connectivity index (χ0n) is 16.4. The monoisotopic (exact) mass is 418 g/mol. The van der Waals surface area contributed by atoms with E-state index in [2.05, 4.69) is 10.6 Å². The second-order valence-electron chi connectivity index (χ2n) is 6.55. The minimum atomic E-state index is -1.09. The molecule has 0 bridgehead atoms. The highest BCUT2D eigenvalue weighted by atomic mass is 32.2. The van der Waals surface area contributed by atoms with Crippen molar-refractivity contribution < 1.29 is 23.5 Å². The largest absolute Gasteiger partial charge is 0.449 e. The number of anilines is 1. The number of amides is 2. The molecule has 2 N–H and O–H groups in total. The van der Waals surface area contributed by atoms with E-state index >= 15 is 0 Å². The van der Waals surface area contributed by atoms with Gasteiger partial charge in [0, 0.05) is 16.6 Å². The first-order valence-corrected chi connectivity index (χ1v) is 10.0. The van der Waals surface area contributed by atoms with Gasteiger partial charge in [0.15, 0.2) is 6.10 Å². The molecule has 154 valence electrons. The van der Waals surface area contributed by atoms with Crippen molar-refractivity contribution >= 4 is 35.2 Å². The first kappa shape index (κ1) is 22.4. The molecule has 2 aromatic rings. The molecule has 0 heterocycles. The molecule has 2 aromatic carbocycles. The van der Waals surface area contributed by atoms with Crippen LogP contribution in [0.5, 0.6) is 0 Å². The van der Waals surface area contributed by atoms with Gasteiger partial charge in [-0.1, -0.05) is 18.2 Å². The van der Waals surface area contributed by atoms with Gasteiger partial charge in [-0.15, -0.1) is 11.8 Å². The van der Waals surface area contributed by atoms with Crippen LogP contribution in [0, 0.1) is 5.82 Å². The number of rotatable bonds is 8. The maximum Gasteiger partial charge on any atom is 0.340 e. The Labute approximate surface area is 173 Å². The molecule has 0 aromatic heterocycles. The summed E-state index contributed by atoms with van der Waals surface area (Å²) in [5, 5.41) is 5.28. The summed E-state index contributed by atoms with van der Waals surface area (Å²) in [6.07, 6.45) is -1.09. The summed E-state index contributed by atoms with van der Waals surface area (Å²) in [4.78, 5) is 37.2. The molecule has 0 radical (unpaired) electrons. The molecule has 1 atom stereocenters. The van der Waals surface area contributed by atoms with Gasteiger partial charge in [-0.25, -0.2) is 9.18 Å². The number of halogens is 1. The molecular weight excluding hydrogens is 395 g/mol. The van der Waals surface area contributed by atoms with E-state index in [9.17, 15) is 18.8 Å². The molecule has 8 heteroatoms. The Balaban J connectivity index is 1.99. The van der Waals surface area contributed by atoms with E-state index < -0.39 is 23.8 Å². The van der Waals surface area contributed by atoms with Gasteiger partial charge in [-0.05, 0) is 51.1 Å². The van der Waals surface area contributed by atoms with Crippen LogP contribution in [0.15, 0.2) is 53.4 Å². The molecule has 0 unspecified atom stereocenters. The highest BCUT2D eigenvalue weighted by molar-refractivity contribution is 8.00. The maximum absolute atomic E-state index is 13.2. The number of hydrogen-bond donors (Lipinski definition) is 2. The fourth-order valence-electron chi connectivity index (χ4n) is 2.36. The SMILES string of the molecule is CC(C)NC(=O)CSc1ccccc1C(=O)O[C@@H](C)C(=O)Nc1cccc(F)c1. The molecule has 29 heavy (non-hydrogen) atoms. The molecule has 0 aliphatic heterocycles. The summed E-state index contributed by atoms with van der Waals surface area (Å²) in [5.74, 6) is -1.74. The number of nitrogens with one attached hydrogen (secondary N) is 2. The smallest absolute Gasteiger partial charge is 0.340 e. The van der Waals surface area contributed by atoms with E-state index in [1.54, 1.807) is 24.3 Å². The third-order valence-corrected chi connectivity index (χ3v) is 4.73. The van der Waals surface area contributed by atoms with Crippen LogP contribution in [-0.4, -0.2) is 35.7 Å². The average molecular weight is 418 g/mol. The van der Waals surface area contributed by atoms with Crippen molar-refractivity contribution in [1.29, 1.82) is 0 Å². The van der Waals surface area contributed by atoms with E-state index in [1.807, 2.05) is 13.8 Å². The van der Waals surface area contributed by atoms with Crippen molar-refractivity contribution in [2.75, 3.05) is 11.1 Å². The van der Waals surface area contributed by atoms with Gasteiger partial charge >= 0.3 is 5.97 Å². The number of benzene rings is 2. The summed E-state index contributed by atoms with van der Waals surface area (Å²) in [6, 6.07) is 12.2. The Morgan fingerprint density at radius 1 is 1.07 bits per heavy atom. The minimum Gasteiger partial charge on any atom is -0.449 e. The molecule has 0 spiro atoms. The molecule has 2 rings (SSSR count). The molecule has 2 amide bonds. The van der Waals surface area contributed by atoms with Crippen molar-refractivity contribution in [1.82, 2.24) is 5.32 Å². The second-order valence-corrected chi connectivity index (χ2v) is 7.57. The highest BCUT2D eigenvalue weighted by Crippen LogP contribution is 2.23. The van der Waals surface area contributed by atoms with Crippen LogP contribution < -0.4 is 10.6 Å². The summed E-state index contributed by atoms with van der Waals surface area (Å²) in [5.41, 5.74) is 0.533. The molecule has 0 saturated heterocycles. The third kappa shape index (κ3) is 7.23. The first-order chi connectivity index (χ1) is 13.8. The molecule has 0 fully saturated rings. The predicted molar refractivity (Wildman–Crippen MR) is 110 cm³/mol. The van der Waals surface area contributed by atoms with Crippen molar-refractivity contribution in [3.63, 3.8) is 0 Å². The van der Waals surface area contributed by atoms with Gasteiger partial charge in [0.1, 0.15) is 5.82 Å². The van der Waals surface area contributed by atoms with Crippen LogP contribution in [0.3, 0.4) is 0 Å². The lowest BCUT2D eigenvalue weighted by atomic mass is 10.2. The minimum absolute atomic E-state index is 0.0285. The van der Waals surface area contributed by atoms with Crippen molar-refractivity contribution in [2.24, 2.45) is 0 Å². The average Bonchev–Trinajstić information content (AvgIpc) is 2.66. The van der Waals surface area contributed by atoms with Gasteiger partial charge in [-0.3, -0.25) is 9.59 Å². The fourth-order valence-corrected chi connectivity index (χ4v) is 3.21. The van der Waals surface area contributed by atoms with Gasteiger partial charge < -0.3 is 15.4 Å². The summed E-state index contributed by atoms with van der Waals surface area (Å²) < 4.78 is 18.5. The number of esters is 1. The van der Waals surface area contributed by atoms with Crippen LogP contribution in [-0.2, 0) is 14.3 Å². The standard InChI is InChI=1S/C21H23FN2O4S/c1-13(2)23-19(25)12-29-18-10-5-4-9-17(18)21(27)28-14(3)20(26)24-16-8-6-7-15(22)11-16/h4-11,13-14H,12H2,1-3H3,(H,23,25)(H,24,26)/t14-/m0/s1. The number of thioether (sulfide) groups is 1.